The summed E-state index contributed by atoms with van der Waals surface area (Å²) in [5, 5.41) is 2.80. The molecule has 0 aromatic carbocycles. The molecule has 0 saturated carbocycles. The molecular weight excluding hydrogens is 696 g/mol. The van der Waals surface area contributed by atoms with Crippen LogP contribution >= 0.6 is 0 Å². The number of unbranched alkanes of at least 4 members (excludes halogenated alkanes) is 13. The van der Waals surface area contributed by atoms with Crippen LogP contribution < -0.4 is 5.32 Å². The van der Waals surface area contributed by atoms with Crippen molar-refractivity contribution < 1.29 is 33.0 Å². The second-order valence-corrected chi connectivity index (χ2v) is 14.6. The highest BCUT2D eigenvalue weighted by Gasteiger charge is 2.29. The zero-order chi connectivity index (χ0) is 39.9. The van der Waals surface area contributed by atoms with Crippen molar-refractivity contribution in [3.05, 3.63) is 60.8 Å². The first kappa shape index (κ1) is 49.8. The first-order valence-electron chi connectivity index (χ1n) is 21.8. The maximum absolute atomic E-state index is 12.6. The van der Waals surface area contributed by atoms with E-state index in [0.29, 0.717) is 38.9 Å². The molecule has 8 nitrogen and oxygen atoms in total. The molecule has 0 aliphatic carbocycles. The lowest BCUT2D eigenvalue weighted by atomic mass is 10.1. The van der Waals surface area contributed by atoms with Crippen molar-refractivity contribution in [2.75, 3.05) is 39.5 Å². The second-order valence-electron chi connectivity index (χ2n) is 14.6. The van der Waals surface area contributed by atoms with Crippen molar-refractivity contribution in [2.45, 2.75) is 174 Å². The quantitative estimate of drug-likeness (QED) is 0.0293. The van der Waals surface area contributed by atoms with E-state index in [2.05, 4.69) is 84.8 Å². The number of amides is 1. The van der Waals surface area contributed by atoms with E-state index in [9.17, 15) is 18.8 Å². The van der Waals surface area contributed by atoms with Gasteiger partial charge in [0.15, 0.2) is 6.10 Å². The van der Waals surface area contributed by atoms with E-state index in [1.807, 2.05) is 0 Å². The van der Waals surface area contributed by atoms with Crippen molar-refractivity contribution >= 4 is 18.0 Å². The average Bonchev–Trinajstić information content (AvgIpc) is 3.16. The summed E-state index contributed by atoms with van der Waals surface area (Å²) in [5.74, 6) is -0.703. The third-order valence-corrected chi connectivity index (χ3v) is 9.38. The molecule has 1 aliphatic rings. The maximum atomic E-state index is 12.6. The van der Waals surface area contributed by atoms with Crippen LogP contribution in [0.4, 0.5) is 9.18 Å². The number of allylic oxidation sites excluding steroid dienone is 10. The number of rotatable bonds is 36. The molecule has 1 unspecified atom stereocenters. The predicted molar refractivity (Wildman–Crippen MR) is 225 cm³/mol. The summed E-state index contributed by atoms with van der Waals surface area (Å²) in [5.41, 5.74) is 0. The lowest BCUT2D eigenvalue weighted by molar-refractivity contribution is -0.152. The number of carbonyl (C=O) groups is 3. The summed E-state index contributed by atoms with van der Waals surface area (Å²) in [7, 11) is 0. The van der Waals surface area contributed by atoms with Crippen LogP contribution in [-0.2, 0) is 23.8 Å². The monoisotopic (exact) mass is 773 g/mol. The number of hydrogen-bond donors (Lipinski definition) is 1. The predicted octanol–water partition coefficient (Wildman–Crippen LogP) is 11.6. The highest BCUT2D eigenvalue weighted by Crippen LogP contribution is 2.12. The van der Waals surface area contributed by atoms with Crippen molar-refractivity contribution in [2.24, 2.45) is 0 Å². The molecule has 55 heavy (non-hydrogen) atoms. The van der Waals surface area contributed by atoms with E-state index < -0.39 is 12.2 Å². The first-order chi connectivity index (χ1) is 27.0. The maximum Gasteiger partial charge on any atom is 0.407 e. The highest BCUT2D eigenvalue weighted by atomic mass is 19.1. The Morgan fingerprint density at radius 3 is 1.56 bits per heavy atom. The molecule has 314 valence electrons. The third-order valence-electron chi connectivity index (χ3n) is 9.38. The van der Waals surface area contributed by atoms with E-state index in [-0.39, 0.29) is 37.9 Å². The molecule has 1 amide bonds. The van der Waals surface area contributed by atoms with Crippen molar-refractivity contribution in [1.29, 1.82) is 0 Å². The molecule has 1 rings (SSSR count). The van der Waals surface area contributed by atoms with Gasteiger partial charge in [-0.05, 0) is 83.5 Å². The fraction of sp³-hybridized carbons (Fsp3) is 0.717. The fourth-order valence-electron chi connectivity index (χ4n) is 6.08. The van der Waals surface area contributed by atoms with Gasteiger partial charge >= 0.3 is 18.0 Å². The van der Waals surface area contributed by atoms with Crippen molar-refractivity contribution in [3.63, 3.8) is 0 Å². The van der Waals surface area contributed by atoms with Crippen LogP contribution in [0.1, 0.15) is 162 Å². The van der Waals surface area contributed by atoms with Crippen LogP contribution in [0.25, 0.3) is 0 Å². The molecule has 1 saturated heterocycles. The van der Waals surface area contributed by atoms with Gasteiger partial charge in [0, 0.05) is 32.5 Å². The molecule has 0 aromatic rings. The van der Waals surface area contributed by atoms with Crippen molar-refractivity contribution in [3.8, 4) is 0 Å². The lowest BCUT2D eigenvalue weighted by Crippen LogP contribution is -2.59. The Balaban J connectivity index is 2.28. The molecule has 0 bridgehead atoms. The lowest BCUT2D eigenvalue weighted by Gasteiger charge is -2.39. The minimum absolute atomic E-state index is 0.0905. The molecule has 0 aromatic heterocycles. The summed E-state index contributed by atoms with van der Waals surface area (Å²) in [6, 6.07) is -0.0905. The Kier molecular flexibility index (Phi) is 34.2. The van der Waals surface area contributed by atoms with E-state index >= 15 is 0 Å². The summed E-state index contributed by atoms with van der Waals surface area (Å²) < 4.78 is 28.9. The van der Waals surface area contributed by atoms with E-state index in [4.69, 9.17) is 14.2 Å². The normalized spacial score (nSPS) is 14.5. The van der Waals surface area contributed by atoms with Crippen LogP contribution in [0, 0.1) is 0 Å². The third kappa shape index (κ3) is 32.7. The summed E-state index contributed by atoms with van der Waals surface area (Å²) in [4.78, 5) is 39.6. The Hall–Kier alpha value is -3.20. The summed E-state index contributed by atoms with van der Waals surface area (Å²) in [6.07, 6.45) is 43.1. The van der Waals surface area contributed by atoms with Gasteiger partial charge in [-0.2, -0.15) is 0 Å². The zero-order valence-electron chi connectivity index (χ0n) is 34.7. The van der Waals surface area contributed by atoms with Crippen LogP contribution in [-0.4, -0.2) is 74.6 Å². The molecule has 1 atom stereocenters. The van der Waals surface area contributed by atoms with Crippen LogP contribution in [0.3, 0.4) is 0 Å². The van der Waals surface area contributed by atoms with Gasteiger partial charge < -0.3 is 19.5 Å². The topological polar surface area (TPSA) is 94.2 Å². The number of likely N-dealkylation sites (tertiary alicyclic amines) is 1. The van der Waals surface area contributed by atoms with Crippen LogP contribution in [0.15, 0.2) is 60.8 Å². The van der Waals surface area contributed by atoms with E-state index in [0.717, 1.165) is 103 Å². The molecule has 1 heterocycles. The first-order valence-corrected chi connectivity index (χ1v) is 21.8. The number of carbonyl (C=O) groups excluding carboxylic acids is 3. The average molecular weight is 773 g/mol. The zero-order valence-corrected chi connectivity index (χ0v) is 34.7. The van der Waals surface area contributed by atoms with E-state index in [1.54, 1.807) is 0 Å². The number of ether oxygens (including phenoxy) is 3. The SMILES string of the molecule is CC/C=C\C/C=C\C/C=C\CCCCCCCC(=O)OCC(COC(=O)CCCCCCC/C=C\C/C=C\CCCCC)OC(=O)NC1CN(CCCF)C1. The Labute approximate surface area is 334 Å². The number of esters is 2. The number of alkyl carbamates (subject to hydrolysis) is 1. The minimum Gasteiger partial charge on any atom is -0.462 e. The molecule has 1 N–H and O–H groups in total. The van der Waals surface area contributed by atoms with Gasteiger partial charge in [-0.3, -0.25) is 18.9 Å². The highest BCUT2D eigenvalue weighted by molar-refractivity contribution is 5.70. The smallest absolute Gasteiger partial charge is 0.407 e. The molecular formula is C46H77FN2O6. The summed E-state index contributed by atoms with van der Waals surface area (Å²) >= 11 is 0. The number of alkyl halides is 1. The minimum atomic E-state index is -0.901. The molecule has 1 fully saturated rings. The second kappa shape index (κ2) is 37.7. The molecule has 9 heteroatoms. The Morgan fingerprint density at radius 1 is 0.618 bits per heavy atom. The van der Waals surface area contributed by atoms with Gasteiger partial charge in [0.25, 0.3) is 0 Å². The van der Waals surface area contributed by atoms with Gasteiger partial charge in [-0.15, -0.1) is 0 Å². The molecule has 0 spiro atoms. The van der Waals surface area contributed by atoms with Crippen LogP contribution in [0.2, 0.25) is 0 Å². The van der Waals surface area contributed by atoms with Crippen molar-refractivity contribution in [1.82, 2.24) is 10.2 Å². The van der Waals surface area contributed by atoms with Gasteiger partial charge in [-0.25, -0.2) is 4.79 Å². The number of halogens is 1. The summed E-state index contributed by atoms with van der Waals surface area (Å²) in [6.45, 7) is 5.57. The number of hydrogen-bond acceptors (Lipinski definition) is 7. The molecule has 0 radical (unpaired) electrons. The fourth-order valence-corrected chi connectivity index (χ4v) is 6.08. The van der Waals surface area contributed by atoms with Gasteiger partial charge in [-0.1, -0.05) is 126 Å². The van der Waals surface area contributed by atoms with Gasteiger partial charge in [0.2, 0.25) is 0 Å². The molecule has 1 aliphatic heterocycles. The number of nitrogens with zero attached hydrogens (tertiary/aromatic N) is 1. The van der Waals surface area contributed by atoms with Crippen LogP contribution in [0.5, 0.6) is 0 Å². The van der Waals surface area contributed by atoms with Gasteiger partial charge in [0.05, 0.1) is 12.7 Å². The van der Waals surface area contributed by atoms with E-state index in [1.165, 1.54) is 25.7 Å². The largest absolute Gasteiger partial charge is 0.462 e. The Bertz CT molecular complexity index is 1100. The number of nitrogens with one attached hydrogen (secondary N) is 1. The van der Waals surface area contributed by atoms with Gasteiger partial charge in [0.1, 0.15) is 13.2 Å². The standard InChI is InChI=1S/C46H77FN2O6/c1-3-5-7-9-11-13-15-17-19-21-23-25-27-29-31-34-44(50)53-40-43(55-46(52)48-42-38-49(39-42)37-33-36-47)41-54-45(51)35-32-30-28-26-24-22-20-18-16-14-12-10-8-6-4-2/h5,7,11-14,17-20,42-43H,3-4,6,8-10,15-16,21-41H2,1-2H3,(H,48,52)/b7-5-,13-11-,14-12-,19-17-,20-18-. The Morgan fingerprint density at radius 2 is 1.07 bits per heavy atom.